The Labute approximate surface area is 94.7 Å². The van der Waals surface area contributed by atoms with E-state index < -0.39 is 0 Å². The van der Waals surface area contributed by atoms with Gasteiger partial charge in [0.15, 0.2) is 0 Å². The fourth-order valence-electron chi connectivity index (χ4n) is 2.12. The fourth-order valence-corrected chi connectivity index (χ4v) is 2.12. The molecule has 88 valence electrons. The Morgan fingerprint density at radius 3 is 2.81 bits per heavy atom. The van der Waals surface area contributed by atoms with Gasteiger partial charge in [0.2, 0.25) is 0 Å². The fraction of sp³-hybridized carbons (Fsp3) is 0.636. The molecule has 1 fully saturated rings. The van der Waals surface area contributed by atoms with Crippen molar-refractivity contribution in [3.63, 3.8) is 0 Å². The molecule has 1 aliphatic rings. The molecule has 0 amide bonds. The van der Waals surface area contributed by atoms with Gasteiger partial charge >= 0.3 is 0 Å². The Hall–Kier alpha value is -1.36. The van der Waals surface area contributed by atoms with E-state index in [1.165, 1.54) is 0 Å². The van der Waals surface area contributed by atoms with Crippen LogP contribution < -0.4 is 16.2 Å². The second-order valence-electron chi connectivity index (χ2n) is 4.36. The van der Waals surface area contributed by atoms with Gasteiger partial charge in [-0.15, -0.1) is 0 Å². The molecule has 5 nitrogen and oxygen atoms in total. The van der Waals surface area contributed by atoms with Crippen LogP contribution in [0.15, 0.2) is 10.9 Å². The molecule has 0 spiro atoms. The maximum Gasteiger partial charge on any atom is 0.252 e. The van der Waals surface area contributed by atoms with Crippen LogP contribution in [-0.4, -0.2) is 29.6 Å². The molecule has 0 aliphatic carbocycles. The molecule has 3 N–H and O–H groups in total. The first kappa shape index (κ1) is 11.1. The maximum atomic E-state index is 11.3. The van der Waals surface area contributed by atoms with Gasteiger partial charge < -0.3 is 15.6 Å². The average molecular weight is 222 g/mol. The summed E-state index contributed by atoms with van der Waals surface area (Å²) in [4.78, 5) is 20.5. The third kappa shape index (κ3) is 2.41. The first-order valence-corrected chi connectivity index (χ1v) is 5.72. The van der Waals surface area contributed by atoms with E-state index in [1.807, 2.05) is 0 Å². The number of aromatic amines is 1. The van der Waals surface area contributed by atoms with Crippen molar-refractivity contribution in [3.8, 4) is 0 Å². The number of nitrogens with one attached hydrogen (secondary N) is 1. The monoisotopic (exact) mass is 222 g/mol. The second-order valence-corrected chi connectivity index (χ2v) is 4.36. The van der Waals surface area contributed by atoms with Crippen molar-refractivity contribution in [1.29, 1.82) is 0 Å². The summed E-state index contributed by atoms with van der Waals surface area (Å²) < 4.78 is 0. The molecule has 0 unspecified atom stereocenters. The summed E-state index contributed by atoms with van der Waals surface area (Å²) in [5.74, 6) is 2.08. The summed E-state index contributed by atoms with van der Waals surface area (Å²) in [6.45, 7) is 4.45. The van der Waals surface area contributed by atoms with Crippen molar-refractivity contribution in [2.45, 2.75) is 19.8 Å². The SMILES string of the molecule is Cc1nc(N2CCC(CN)CC2)cc(=O)[nH]1. The highest BCUT2D eigenvalue weighted by molar-refractivity contribution is 5.37. The number of H-pyrrole nitrogens is 1. The van der Waals surface area contributed by atoms with Crippen molar-refractivity contribution >= 4 is 5.82 Å². The average Bonchev–Trinajstić information content (AvgIpc) is 2.28. The molecule has 0 aromatic carbocycles. The lowest BCUT2D eigenvalue weighted by Crippen LogP contribution is -2.37. The van der Waals surface area contributed by atoms with Crippen LogP contribution in [-0.2, 0) is 0 Å². The van der Waals surface area contributed by atoms with Gasteiger partial charge in [-0.1, -0.05) is 0 Å². The molecule has 0 bridgehead atoms. The minimum Gasteiger partial charge on any atom is -0.356 e. The molecule has 0 atom stereocenters. The lowest BCUT2D eigenvalue weighted by Gasteiger charge is -2.32. The number of hydrogen-bond acceptors (Lipinski definition) is 4. The van der Waals surface area contributed by atoms with E-state index >= 15 is 0 Å². The Morgan fingerprint density at radius 1 is 1.56 bits per heavy atom. The third-order valence-corrected chi connectivity index (χ3v) is 3.12. The number of nitrogens with two attached hydrogens (primary N) is 1. The van der Waals surface area contributed by atoms with Crippen molar-refractivity contribution in [3.05, 3.63) is 22.2 Å². The molecule has 1 aromatic heterocycles. The Bertz CT molecular complexity index is 407. The van der Waals surface area contributed by atoms with Crippen molar-refractivity contribution < 1.29 is 0 Å². The molecule has 2 rings (SSSR count). The number of nitrogens with zero attached hydrogens (tertiary/aromatic N) is 2. The number of rotatable bonds is 2. The highest BCUT2D eigenvalue weighted by Gasteiger charge is 2.19. The third-order valence-electron chi connectivity index (χ3n) is 3.12. The number of piperidine rings is 1. The topological polar surface area (TPSA) is 75.0 Å². The molecular formula is C11H18N4O. The minimum absolute atomic E-state index is 0.0801. The standard InChI is InChI=1S/C11H18N4O/c1-8-13-10(6-11(16)14-8)15-4-2-9(7-12)3-5-15/h6,9H,2-5,7,12H2,1H3,(H,13,14,16). The van der Waals surface area contributed by atoms with E-state index in [-0.39, 0.29) is 5.56 Å². The summed E-state index contributed by atoms with van der Waals surface area (Å²) in [7, 11) is 0. The van der Waals surface area contributed by atoms with E-state index in [0.717, 1.165) is 38.3 Å². The number of anilines is 1. The van der Waals surface area contributed by atoms with Gasteiger partial charge in [-0.2, -0.15) is 0 Å². The van der Waals surface area contributed by atoms with Crippen molar-refractivity contribution in [1.82, 2.24) is 9.97 Å². The summed E-state index contributed by atoms with van der Waals surface area (Å²) in [5, 5.41) is 0. The lowest BCUT2D eigenvalue weighted by molar-refractivity contribution is 0.413. The minimum atomic E-state index is -0.0801. The smallest absolute Gasteiger partial charge is 0.252 e. The Kier molecular flexibility index (Phi) is 3.24. The summed E-state index contributed by atoms with van der Waals surface area (Å²) >= 11 is 0. The van der Waals surface area contributed by atoms with E-state index in [2.05, 4.69) is 14.9 Å². The lowest BCUT2D eigenvalue weighted by atomic mass is 9.97. The van der Waals surface area contributed by atoms with Crippen LogP contribution in [0.5, 0.6) is 0 Å². The van der Waals surface area contributed by atoms with Gasteiger partial charge in [0.1, 0.15) is 11.6 Å². The molecule has 0 radical (unpaired) electrons. The zero-order valence-corrected chi connectivity index (χ0v) is 9.57. The second kappa shape index (κ2) is 4.65. The Morgan fingerprint density at radius 2 is 2.25 bits per heavy atom. The largest absolute Gasteiger partial charge is 0.356 e. The van der Waals surface area contributed by atoms with Gasteiger partial charge in [-0.05, 0) is 32.2 Å². The van der Waals surface area contributed by atoms with Gasteiger partial charge in [-0.3, -0.25) is 4.79 Å². The Balaban J connectivity index is 2.11. The molecular weight excluding hydrogens is 204 g/mol. The van der Waals surface area contributed by atoms with Crippen LogP contribution in [0.2, 0.25) is 0 Å². The molecule has 1 saturated heterocycles. The predicted molar refractivity (Wildman–Crippen MR) is 63.6 cm³/mol. The van der Waals surface area contributed by atoms with Crippen molar-refractivity contribution in [2.24, 2.45) is 11.7 Å². The predicted octanol–water partition coefficient (Wildman–Crippen LogP) is 0.253. The van der Waals surface area contributed by atoms with Gasteiger partial charge in [0, 0.05) is 19.2 Å². The van der Waals surface area contributed by atoms with Crippen LogP contribution in [0.3, 0.4) is 0 Å². The van der Waals surface area contributed by atoms with E-state index in [4.69, 9.17) is 5.73 Å². The van der Waals surface area contributed by atoms with Crippen LogP contribution in [0, 0.1) is 12.8 Å². The summed E-state index contributed by atoms with van der Waals surface area (Å²) in [6, 6.07) is 1.57. The zero-order chi connectivity index (χ0) is 11.5. The molecule has 0 saturated carbocycles. The first-order chi connectivity index (χ1) is 7.69. The van der Waals surface area contributed by atoms with Gasteiger partial charge in [0.05, 0.1) is 0 Å². The number of aryl methyl sites for hydroxylation is 1. The number of hydrogen-bond donors (Lipinski definition) is 2. The van der Waals surface area contributed by atoms with E-state index in [1.54, 1.807) is 13.0 Å². The molecule has 1 aliphatic heterocycles. The maximum absolute atomic E-state index is 11.3. The molecule has 1 aromatic rings. The molecule has 5 heteroatoms. The quantitative estimate of drug-likeness (QED) is 0.752. The first-order valence-electron chi connectivity index (χ1n) is 5.72. The summed E-state index contributed by atoms with van der Waals surface area (Å²) in [6.07, 6.45) is 2.17. The molecule has 2 heterocycles. The molecule has 16 heavy (non-hydrogen) atoms. The number of aromatic nitrogens is 2. The van der Waals surface area contributed by atoms with Gasteiger partial charge in [-0.25, -0.2) is 4.98 Å². The zero-order valence-electron chi connectivity index (χ0n) is 9.57. The van der Waals surface area contributed by atoms with E-state index in [9.17, 15) is 4.79 Å². The van der Waals surface area contributed by atoms with Crippen LogP contribution in [0.4, 0.5) is 5.82 Å². The highest BCUT2D eigenvalue weighted by atomic mass is 16.1. The van der Waals surface area contributed by atoms with E-state index in [0.29, 0.717) is 11.7 Å². The van der Waals surface area contributed by atoms with Gasteiger partial charge in [0.25, 0.3) is 5.56 Å². The van der Waals surface area contributed by atoms with Crippen LogP contribution in [0.1, 0.15) is 18.7 Å². The normalized spacial score (nSPS) is 17.8. The van der Waals surface area contributed by atoms with Crippen LogP contribution in [0.25, 0.3) is 0 Å². The van der Waals surface area contributed by atoms with Crippen LogP contribution >= 0.6 is 0 Å². The highest BCUT2D eigenvalue weighted by Crippen LogP contribution is 2.19. The van der Waals surface area contributed by atoms with Crippen molar-refractivity contribution in [2.75, 3.05) is 24.5 Å². The summed E-state index contributed by atoms with van der Waals surface area (Å²) in [5.41, 5.74) is 5.57.